The molecule has 0 N–H and O–H groups in total. The average molecular weight is 433 g/mol. The zero-order chi connectivity index (χ0) is 20.5. The van der Waals surface area contributed by atoms with E-state index in [2.05, 4.69) is 9.55 Å². The first kappa shape index (κ1) is 21.2. The molecule has 0 aromatic carbocycles. The lowest BCUT2D eigenvalue weighted by atomic mass is 10.2. The van der Waals surface area contributed by atoms with Gasteiger partial charge in [0, 0.05) is 36.3 Å². The molecule has 2 aromatic rings. The number of rotatable bonds is 6. The van der Waals surface area contributed by atoms with Crippen molar-refractivity contribution in [3.63, 3.8) is 0 Å². The van der Waals surface area contributed by atoms with Crippen LogP contribution in [-0.4, -0.2) is 33.8 Å². The number of hydrogen-bond donors (Lipinski definition) is 0. The van der Waals surface area contributed by atoms with Crippen LogP contribution in [0.15, 0.2) is 23.4 Å². The second-order valence-electron chi connectivity index (χ2n) is 6.75. The fourth-order valence-electron chi connectivity index (χ4n) is 3.25. The Bertz CT molecular complexity index is 877. The quantitative estimate of drug-likeness (QED) is 0.457. The number of pyridine rings is 1. The standard InChI is InChI=1S/C19H20ClF3N2O2S/c1-11-6-15(12(2)25(11)9-14-4-3-5-27-14)17(26)10-28-18-16(20)7-13(8-24-18)19(21,22)23/h6-8,14H,3-5,9-10H2,1-2H3/t14-/m1/s1. The highest BCUT2D eigenvalue weighted by atomic mass is 35.5. The fraction of sp³-hybridized carbons (Fsp3) is 0.474. The summed E-state index contributed by atoms with van der Waals surface area (Å²) in [7, 11) is 0. The molecular formula is C19H20ClF3N2O2S. The number of carbonyl (C=O) groups excluding carboxylic acids is 1. The number of aryl methyl sites for hydroxylation is 1. The van der Waals surface area contributed by atoms with Crippen molar-refractivity contribution in [2.75, 3.05) is 12.4 Å². The maximum atomic E-state index is 12.7. The summed E-state index contributed by atoms with van der Waals surface area (Å²) in [6.07, 6.45) is -1.55. The maximum Gasteiger partial charge on any atom is 0.417 e. The first-order chi connectivity index (χ1) is 13.2. The van der Waals surface area contributed by atoms with Crippen LogP contribution in [0.4, 0.5) is 13.2 Å². The van der Waals surface area contributed by atoms with Gasteiger partial charge in [-0.1, -0.05) is 23.4 Å². The van der Waals surface area contributed by atoms with Crippen LogP contribution in [0.25, 0.3) is 0 Å². The van der Waals surface area contributed by atoms with Crippen molar-refractivity contribution in [2.24, 2.45) is 0 Å². The second-order valence-corrected chi connectivity index (χ2v) is 8.12. The number of alkyl halides is 3. The van der Waals surface area contributed by atoms with Gasteiger partial charge in [0.05, 0.1) is 22.4 Å². The number of carbonyl (C=O) groups is 1. The number of thioether (sulfide) groups is 1. The number of aromatic nitrogens is 2. The molecule has 28 heavy (non-hydrogen) atoms. The van der Waals surface area contributed by atoms with Crippen LogP contribution in [0.1, 0.15) is 40.2 Å². The number of Topliss-reactive ketones (excluding diaryl/α,β-unsaturated/α-hetero) is 1. The Morgan fingerprint density at radius 3 is 2.75 bits per heavy atom. The SMILES string of the molecule is Cc1cc(C(=O)CSc2ncc(C(F)(F)F)cc2Cl)c(C)n1C[C@H]1CCCO1. The van der Waals surface area contributed by atoms with E-state index in [1.165, 1.54) is 0 Å². The van der Waals surface area contributed by atoms with E-state index in [0.717, 1.165) is 54.9 Å². The normalized spacial score (nSPS) is 17.3. The third kappa shape index (κ3) is 4.72. The van der Waals surface area contributed by atoms with Gasteiger partial charge in [0.1, 0.15) is 5.03 Å². The molecule has 152 valence electrons. The lowest BCUT2D eigenvalue weighted by molar-refractivity contribution is -0.137. The van der Waals surface area contributed by atoms with Crippen LogP contribution in [-0.2, 0) is 17.5 Å². The molecule has 4 nitrogen and oxygen atoms in total. The third-order valence-electron chi connectivity index (χ3n) is 4.76. The third-order valence-corrected chi connectivity index (χ3v) is 6.16. The van der Waals surface area contributed by atoms with Crippen molar-refractivity contribution in [1.29, 1.82) is 0 Å². The van der Waals surface area contributed by atoms with E-state index in [0.29, 0.717) is 12.1 Å². The molecule has 1 aliphatic heterocycles. The molecule has 1 saturated heterocycles. The van der Waals surface area contributed by atoms with Crippen molar-refractivity contribution in [2.45, 2.75) is 50.5 Å². The Labute approximate surface area is 170 Å². The van der Waals surface area contributed by atoms with E-state index in [1.807, 2.05) is 19.9 Å². The minimum absolute atomic E-state index is 0.0440. The van der Waals surface area contributed by atoms with E-state index in [1.54, 1.807) is 0 Å². The summed E-state index contributed by atoms with van der Waals surface area (Å²) in [6, 6.07) is 2.67. The minimum atomic E-state index is -4.50. The van der Waals surface area contributed by atoms with Crippen molar-refractivity contribution in [3.8, 4) is 0 Å². The van der Waals surface area contributed by atoms with Gasteiger partial charge in [-0.15, -0.1) is 0 Å². The highest BCUT2D eigenvalue weighted by Gasteiger charge is 2.31. The highest BCUT2D eigenvalue weighted by molar-refractivity contribution is 8.00. The summed E-state index contributed by atoms with van der Waals surface area (Å²) in [5.74, 6) is -0.0723. The predicted octanol–water partition coefficient (Wildman–Crippen LogP) is 5.33. The lowest BCUT2D eigenvalue weighted by Crippen LogP contribution is -2.17. The molecule has 0 spiro atoms. The van der Waals surface area contributed by atoms with E-state index in [9.17, 15) is 18.0 Å². The van der Waals surface area contributed by atoms with Crippen molar-refractivity contribution in [1.82, 2.24) is 9.55 Å². The molecule has 0 amide bonds. The number of hydrogen-bond acceptors (Lipinski definition) is 4. The van der Waals surface area contributed by atoms with Gasteiger partial charge in [-0.2, -0.15) is 13.2 Å². The summed E-state index contributed by atoms with van der Waals surface area (Å²) in [6.45, 7) is 5.32. The fourth-order valence-corrected chi connectivity index (χ4v) is 4.33. The van der Waals surface area contributed by atoms with E-state index in [-0.39, 0.29) is 27.7 Å². The molecule has 0 aliphatic carbocycles. The Morgan fingerprint density at radius 1 is 1.39 bits per heavy atom. The Balaban J connectivity index is 1.68. The number of ether oxygens (including phenoxy) is 1. The maximum absolute atomic E-state index is 12.7. The van der Waals surface area contributed by atoms with Gasteiger partial charge >= 0.3 is 6.18 Å². The number of ketones is 1. The largest absolute Gasteiger partial charge is 0.417 e. The van der Waals surface area contributed by atoms with Crippen molar-refractivity contribution >= 4 is 29.1 Å². The van der Waals surface area contributed by atoms with Crippen LogP contribution in [0.5, 0.6) is 0 Å². The summed E-state index contributed by atoms with van der Waals surface area (Å²) < 4.78 is 45.8. The summed E-state index contributed by atoms with van der Waals surface area (Å²) in [5.41, 5.74) is 1.54. The summed E-state index contributed by atoms with van der Waals surface area (Å²) >= 11 is 6.94. The van der Waals surface area contributed by atoms with Gasteiger partial charge in [-0.25, -0.2) is 4.98 Å². The minimum Gasteiger partial charge on any atom is -0.376 e. The first-order valence-electron chi connectivity index (χ1n) is 8.84. The van der Waals surface area contributed by atoms with E-state index < -0.39 is 11.7 Å². The van der Waals surface area contributed by atoms with Crippen LogP contribution >= 0.6 is 23.4 Å². The van der Waals surface area contributed by atoms with Gasteiger partial charge in [-0.05, 0) is 38.8 Å². The smallest absolute Gasteiger partial charge is 0.376 e. The zero-order valence-corrected chi connectivity index (χ0v) is 17.0. The number of halogens is 4. The molecular weight excluding hydrogens is 413 g/mol. The Kier molecular flexibility index (Phi) is 6.41. The second kappa shape index (κ2) is 8.47. The molecule has 0 unspecified atom stereocenters. The Hall–Kier alpha value is -1.51. The van der Waals surface area contributed by atoms with Crippen molar-refractivity contribution < 1.29 is 22.7 Å². The summed E-state index contributed by atoms with van der Waals surface area (Å²) in [4.78, 5) is 16.4. The van der Waals surface area contributed by atoms with Gasteiger partial charge in [0.25, 0.3) is 0 Å². The predicted molar refractivity (Wildman–Crippen MR) is 102 cm³/mol. The zero-order valence-electron chi connectivity index (χ0n) is 15.5. The molecule has 3 rings (SSSR count). The molecule has 2 aromatic heterocycles. The van der Waals surface area contributed by atoms with Gasteiger partial charge < -0.3 is 9.30 Å². The van der Waals surface area contributed by atoms with E-state index in [4.69, 9.17) is 16.3 Å². The average Bonchev–Trinajstić information content (AvgIpc) is 3.23. The van der Waals surface area contributed by atoms with Crippen LogP contribution < -0.4 is 0 Å². The van der Waals surface area contributed by atoms with E-state index >= 15 is 0 Å². The molecule has 3 heterocycles. The Morgan fingerprint density at radius 2 is 2.14 bits per heavy atom. The molecule has 1 fully saturated rings. The van der Waals surface area contributed by atoms with Crippen LogP contribution in [0.3, 0.4) is 0 Å². The monoisotopic (exact) mass is 432 g/mol. The van der Waals surface area contributed by atoms with Gasteiger partial charge in [-0.3, -0.25) is 4.79 Å². The van der Waals surface area contributed by atoms with Gasteiger partial charge in [0.2, 0.25) is 0 Å². The van der Waals surface area contributed by atoms with Crippen molar-refractivity contribution in [3.05, 3.63) is 45.9 Å². The lowest BCUT2D eigenvalue weighted by Gasteiger charge is -2.14. The topological polar surface area (TPSA) is 44.1 Å². The van der Waals surface area contributed by atoms with Gasteiger partial charge in [0.15, 0.2) is 5.78 Å². The molecule has 1 atom stereocenters. The summed E-state index contributed by atoms with van der Waals surface area (Å²) in [5, 5.41) is 0.0904. The molecule has 0 radical (unpaired) electrons. The molecule has 9 heteroatoms. The number of nitrogens with zero attached hydrogens (tertiary/aromatic N) is 2. The first-order valence-corrected chi connectivity index (χ1v) is 10.2. The highest BCUT2D eigenvalue weighted by Crippen LogP contribution is 2.34. The molecule has 1 aliphatic rings. The molecule has 0 bridgehead atoms. The molecule has 0 saturated carbocycles. The van der Waals surface area contributed by atoms with Crippen LogP contribution in [0, 0.1) is 13.8 Å². The van der Waals surface area contributed by atoms with Crippen LogP contribution in [0.2, 0.25) is 5.02 Å².